The van der Waals surface area contributed by atoms with Crippen molar-refractivity contribution in [3.8, 4) is 5.88 Å². The van der Waals surface area contributed by atoms with Gasteiger partial charge in [0.2, 0.25) is 11.8 Å². The standard InChI is InChI=1S/C43H52N10O3/c1-29-23-36(7-8-37(29)53-17-12-40(54)48-43(53)55)51-20-18-49(19-21-51)27-31-9-14-50(15-10-31)35-5-3-34(4-6-35)47-39-24-33-28-52(16-11-32(33)25-45-39)38-26-46-42-41(30(38)2)44-13-22-56-42/h3-8,23-26,31,44H,9-22,27-28H2,1-2H3,(H,45,47)(H,48,54,55). The van der Waals surface area contributed by atoms with Crippen LogP contribution in [0.15, 0.2) is 60.9 Å². The minimum atomic E-state index is -0.334. The van der Waals surface area contributed by atoms with Crippen molar-refractivity contribution in [3.05, 3.63) is 83.2 Å². The Labute approximate surface area is 329 Å². The number of urea groups is 1. The number of ether oxygens (including phenoxy) is 1. The van der Waals surface area contributed by atoms with E-state index in [0.29, 0.717) is 31.4 Å². The molecule has 3 saturated heterocycles. The van der Waals surface area contributed by atoms with Crippen molar-refractivity contribution in [1.29, 1.82) is 0 Å². The van der Waals surface area contributed by atoms with Gasteiger partial charge in [0.15, 0.2) is 0 Å². The molecular weight excluding hydrogens is 705 g/mol. The first-order valence-electron chi connectivity index (χ1n) is 20.2. The van der Waals surface area contributed by atoms with E-state index in [1.54, 1.807) is 4.90 Å². The predicted octanol–water partition coefficient (Wildman–Crippen LogP) is 5.69. The second-order valence-corrected chi connectivity index (χ2v) is 15.8. The monoisotopic (exact) mass is 756 g/mol. The quantitative estimate of drug-likeness (QED) is 0.206. The molecule has 5 aliphatic rings. The van der Waals surface area contributed by atoms with E-state index < -0.39 is 0 Å². The molecule has 0 atom stereocenters. The maximum Gasteiger partial charge on any atom is 0.328 e. The Bertz CT molecular complexity index is 2090. The molecule has 9 rings (SSSR count). The number of fused-ring (bicyclic) bond motifs is 2. The van der Waals surface area contributed by atoms with Gasteiger partial charge in [-0.3, -0.25) is 19.9 Å². The van der Waals surface area contributed by atoms with Gasteiger partial charge in [-0.25, -0.2) is 14.8 Å². The van der Waals surface area contributed by atoms with Crippen LogP contribution in [0.25, 0.3) is 0 Å². The lowest BCUT2D eigenvalue weighted by atomic mass is 9.95. The van der Waals surface area contributed by atoms with E-state index in [0.717, 1.165) is 106 Å². The van der Waals surface area contributed by atoms with Gasteiger partial charge in [-0.15, -0.1) is 0 Å². The number of anilines is 7. The largest absolute Gasteiger partial charge is 0.474 e. The topological polar surface area (TPSA) is 121 Å². The molecule has 0 saturated carbocycles. The first-order valence-corrected chi connectivity index (χ1v) is 20.2. The van der Waals surface area contributed by atoms with Crippen LogP contribution in [0.4, 0.5) is 44.7 Å². The molecule has 0 unspecified atom stereocenters. The number of imide groups is 1. The van der Waals surface area contributed by atoms with Crippen LogP contribution in [0.1, 0.15) is 41.5 Å². The molecule has 4 aromatic rings. The van der Waals surface area contributed by atoms with Crippen molar-refractivity contribution in [2.45, 2.75) is 46.1 Å². The Balaban J connectivity index is 0.737. The van der Waals surface area contributed by atoms with E-state index in [9.17, 15) is 9.59 Å². The third-order valence-corrected chi connectivity index (χ3v) is 12.3. The van der Waals surface area contributed by atoms with E-state index in [4.69, 9.17) is 9.72 Å². The number of aryl methyl sites for hydroxylation is 1. The highest BCUT2D eigenvalue weighted by Crippen LogP contribution is 2.37. The number of nitrogens with one attached hydrogen (secondary N) is 3. The molecule has 7 heterocycles. The minimum absolute atomic E-state index is 0.208. The first kappa shape index (κ1) is 36.1. The summed E-state index contributed by atoms with van der Waals surface area (Å²) < 4.78 is 5.75. The molecule has 292 valence electrons. The smallest absolute Gasteiger partial charge is 0.328 e. The van der Waals surface area contributed by atoms with Crippen LogP contribution >= 0.6 is 0 Å². The Morgan fingerprint density at radius 1 is 0.786 bits per heavy atom. The summed E-state index contributed by atoms with van der Waals surface area (Å²) in [5.74, 6) is 2.08. The molecule has 0 aliphatic carbocycles. The predicted molar refractivity (Wildman–Crippen MR) is 222 cm³/mol. The molecule has 0 bridgehead atoms. The van der Waals surface area contributed by atoms with E-state index in [1.807, 2.05) is 25.4 Å². The Morgan fingerprint density at radius 2 is 1.57 bits per heavy atom. The summed E-state index contributed by atoms with van der Waals surface area (Å²) in [5.41, 5.74) is 11.4. The Kier molecular flexibility index (Phi) is 10.0. The number of pyridine rings is 2. The van der Waals surface area contributed by atoms with Crippen LogP contribution in [0.3, 0.4) is 0 Å². The maximum atomic E-state index is 12.4. The van der Waals surface area contributed by atoms with Crippen LogP contribution in [-0.2, 0) is 17.8 Å². The van der Waals surface area contributed by atoms with Crippen LogP contribution in [0, 0.1) is 19.8 Å². The molecule has 2 aromatic carbocycles. The van der Waals surface area contributed by atoms with E-state index in [-0.39, 0.29) is 11.9 Å². The zero-order valence-electron chi connectivity index (χ0n) is 32.5. The fourth-order valence-corrected chi connectivity index (χ4v) is 9.01. The van der Waals surface area contributed by atoms with Crippen LogP contribution in [0.5, 0.6) is 5.88 Å². The first-order chi connectivity index (χ1) is 27.3. The van der Waals surface area contributed by atoms with Crippen molar-refractivity contribution in [3.63, 3.8) is 0 Å². The molecule has 56 heavy (non-hydrogen) atoms. The number of aromatic nitrogens is 2. The zero-order chi connectivity index (χ0) is 38.2. The number of piperidine rings is 1. The lowest BCUT2D eigenvalue weighted by Gasteiger charge is -2.40. The summed E-state index contributed by atoms with van der Waals surface area (Å²) in [5, 5.41) is 9.45. The average Bonchev–Trinajstić information content (AvgIpc) is 3.22. The number of carbonyl (C=O) groups excluding carboxylic acids is 2. The van der Waals surface area contributed by atoms with E-state index in [1.165, 1.54) is 40.9 Å². The van der Waals surface area contributed by atoms with Crippen molar-refractivity contribution >= 4 is 51.9 Å². The molecule has 5 aliphatic heterocycles. The third-order valence-electron chi connectivity index (χ3n) is 12.3. The van der Waals surface area contributed by atoms with Gasteiger partial charge < -0.3 is 30.1 Å². The molecular formula is C43H52N10O3. The van der Waals surface area contributed by atoms with Crippen molar-refractivity contribution in [2.24, 2.45) is 5.92 Å². The lowest BCUT2D eigenvalue weighted by molar-refractivity contribution is -0.120. The van der Waals surface area contributed by atoms with Gasteiger partial charge in [-0.1, -0.05) is 0 Å². The third kappa shape index (κ3) is 7.52. The summed E-state index contributed by atoms with van der Waals surface area (Å²) in [7, 11) is 0. The molecule has 13 heteroatoms. The van der Waals surface area contributed by atoms with Gasteiger partial charge in [0.05, 0.1) is 11.9 Å². The summed E-state index contributed by atoms with van der Waals surface area (Å²) >= 11 is 0. The number of hydrogen-bond donors (Lipinski definition) is 3. The van der Waals surface area contributed by atoms with Gasteiger partial charge in [0.25, 0.3) is 0 Å². The number of carbonyl (C=O) groups is 2. The Morgan fingerprint density at radius 3 is 2.36 bits per heavy atom. The molecule has 13 nitrogen and oxygen atoms in total. The lowest BCUT2D eigenvalue weighted by Crippen LogP contribution is -2.50. The van der Waals surface area contributed by atoms with Crippen molar-refractivity contribution in [2.75, 3.05) is 102 Å². The fraction of sp³-hybridized carbons (Fsp3) is 0.442. The maximum absolute atomic E-state index is 12.4. The number of piperazine rings is 1. The van der Waals surface area contributed by atoms with Crippen molar-refractivity contribution < 1.29 is 14.3 Å². The average molecular weight is 757 g/mol. The summed E-state index contributed by atoms with van der Waals surface area (Å²) in [6.07, 6.45) is 7.69. The molecule has 3 N–H and O–H groups in total. The second kappa shape index (κ2) is 15.5. The summed E-state index contributed by atoms with van der Waals surface area (Å²) in [6.45, 7) is 15.3. The Hall–Kier alpha value is -5.56. The second-order valence-electron chi connectivity index (χ2n) is 15.8. The zero-order valence-corrected chi connectivity index (χ0v) is 32.5. The molecule has 0 spiro atoms. The molecule has 2 aromatic heterocycles. The van der Waals surface area contributed by atoms with Gasteiger partial charge in [-0.2, -0.15) is 0 Å². The highest BCUT2D eigenvalue weighted by Gasteiger charge is 2.28. The molecule has 3 fully saturated rings. The minimum Gasteiger partial charge on any atom is -0.474 e. The van der Waals surface area contributed by atoms with Gasteiger partial charge in [0.1, 0.15) is 18.1 Å². The number of amides is 3. The van der Waals surface area contributed by atoms with Gasteiger partial charge >= 0.3 is 6.03 Å². The van der Waals surface area contributed by atoms with E-state index >= 15 is 0 Å². The fourth-order valence-electron chi connectivity index (χ4n) is 9.01. The van der Waals surface area contributed by atoms with Crippen molar-refractivity contribution in [1.82, 2.24) is 20.2 Å². The molecule has 3 amide bonds. The van der Waals surface area contributed by atoms with Crippen LogP contribution in [-0.4, -0.2) is 98.9 Å². The normalized spacial score (nSPS) is 19.2. The SMILES string of the molecule is Cc1cc(N2CCN(CC3CCN(c4ccc(Nc5cc6c(cn5)CCN(c5cnc7c(c5C)NCCO7)C6)cc4)CC3)CC2)ccc1N1CCC(=O)NC1=O. The van der Waals surface area contributed by atoms with E-state index in [2.05, 4.69) is 89.9 Å². The number of hydrogen-bond acceptors (Lipinski definition) is 11. The van der Waals surface area contributed by atoms with Gasteiger partial charge in [-0.05, 0) is 104 Å². The summed E-state index contributed by atoms with van der Waals surface area (Å²) in [4.78, 5) is 45.0. The summed E-state index contributed by atoms with van der Waals surface area (Å²) in [6, 6.07) is 17.0. The van der Waals surface area contributed by atoms with Crippen LogP contribution < -0.4 is 40.3 Å². The number of rotatable bonds is 8. The highest BCUT2D eigenvalue weighted by molar-refractivity contribution is 6.06. The van der Waals surface area contributed by atoms with Crippen LogP contribution in [0.2, 0.25) is 0 Å². The van der Waals surface area contributed by atoms with Gasteiger partial charge in [0, 0.05) is 113 Å². The number of benzene rings is 2. The molecule has 0 radical (unpaired) electrons. The highest BCUT2D eigenvalue weighted by atomic mass is 16.5. The number of nitrogens with zero attached hydrogens (tertiary/aromatic N) is 7.